The number of benzene rings is 1. The molecule has 0 saturated heterocycles. The monoisotopic (exact) mass is 360 g/mol. The van der Waals surface area contributed by atoms with Crippen LogP contribution in [0.1, 0.15) is 15.9 Å². The minimum atomic E-state index is -0.633. The smallest absolute Gasteiger partial charge is 0.313 e. The summed E-state index contributed by atoms with van der Waals surface area (Å²) in [5.74, 6) is -1.35. The second kappa shape index (κ2) is 7.35. The van der Waals surface area contributed by atoms with Gasteiger partial charge in [0.2, 0.25) is 0 Å². The first-order valence-electron chi connectivity index (χ1n) is 7.59. The highest BCUT2D eigenvalue weighted by Crippen LogP contribution is 2.27. The van der Waals surface area contributed by atoms with Crippen LogP contribution in [-0.4, -0.2) is 31.0 Å². The highest BCUT2D eigenvalue weighted by Gasteiger charge is 2.27. The van der Waals surface area contributed by atoms with E-state index < -0.39 is 30.3 Å². The van der Waals surface area contributed by atoms with Crippen LogP contribution in [0, 0.1) is 5.92 Å². The van der Waals surface area contributed by atoms with Crippen molar-refractivity contribution in [2.24, 2.45) is 11.7 Å². The summed E-state index contributed by atoms with van der Waals surface area (Å²) in [5.41, 5.74) is 6.37. The summed E-state index contributed by atoms with van der Waals surface area (Å²) in [6, 6.07) is 9.00. The zero-order chi connectivity index (χ0) is 17.8. The fourth-order valence-corrected chi connectivity index (χ4v) is 3.31. The number of para-hydroxylation sites is 1. The van der Waals surface area contributed by atoms with Crippen molar-refractivity contribution < 1.29 is 23.9 Å². The Balaban J connectivity index is 1.52. The summed E-state index contributed by atoms with van der Waals surface area (Å²) in [7, 11) is 0. The topological polar surface area (TPSA) is 108 Å². The van der Waals surface area contributed by atoms with Crippen molar-refractivity contribution in [3.8, 4) is 5.75 Å². The quantitative estimate of drug-likeness (QED) is 0.787. The van der Waals surface area contributed by atoms with Crippen LogP contribution >= 0.6 is 11.3 Å². The van der Waals surface area contributed by atoms with E-state index in [0.29, 0.717) is 11.4 Å². The number of amides is 2. The molecule has 0 unspecified atom stereocenters. The predicted molar refractivity (Wildman–Crippen MR) is 91.6 cm³/mol. The van der Waals surface area contributed by atoms with Crippen molar-refractivity contribution in [2.45, 2.75) is 6.42 Å². The van der Waals surface area contributed by atoms with Crippen molar-refractivity contribution in [1.29, 1.82) is 0 Å². The Morgan fingerprint density at radius 1 is 1.28 bits per heavy atom. The highest BCUT2D eigenvalue weighted by atomic mass is 32.1. The fourth-order valence-electron chi connectivity index (χ4n) is 2.50. The van der Waals surface area contributed by atoms with Crippen LogP contribution in [0.3, 0.4) is 0 Å². The maximum atomic E-state index is 12.1. The molecule has 1 aliphatic rings. The van der Waals surface area contributed by atoms with Crippen molar-refractivity contribution in [1.82, 2.24) is 0 Å². The fraction of sp³-hybridized carbons (Fsp3) is 0.235. The van der Waals surface area contributed by atoms with Gasteiger partial charge in [0.25, 0.3) is 11.8 Å². The zero-order valence-electron chi connectivity index (χ0n) is 13.2. The zero-order valence-corrected chi connectivity index (χ0v) is 14.0. The van der Waals surface area contributed by atoms with E-state index >= 15 is 0 Å². The summed E-state index contributed by atoms with van der Waals surface area (Å²) in [5, 5.41) is 4.49. The molecule has 130 valence electrons. The number of thiophene rings is 1. The molecule has 0 saturated carbocycles. The first-order valence-corrected chi connectivity index (χ1v) is 8.47. The Labute approximate surface area is 147 Å². The van der Waals surface area contributed by atoms with E-state index in [2.05, 4.69) is 5.32 Å². The van der Waals surface area contributed by atoms with Gasteiger partial charge in [0, 0.05) is 0 Å². The first-order chi connectivity index (χ1) is 12.0. The molecule has 2 heterocycles. The number of rotatable bonds is 5. The van der Waals surface area contributed by atoms with Crippen LogP contribution in [0.15, 0.2) is 35.7 Å². The molecule has 3 rings (SSSR count). The SMILES string of the molecule is NC(=O)c1ccsc1NC(=O)COC(=O)[C@H]1COc2ccccc2C1. The van der Waals surface area contributed by atoms with Crippen LogP contribution in [-0.2, 0) is 20.7 Å². The van der Waals surface area contributed by atoms with Gasteiger partial charge in [-0.3, -0.25) is 14.4 Å². The molecule has 0 spiro atoms. The molecule has 1 aromatic carbocycles. The van der Waals surface area contributed by atoms with Gasteiger partial charge in [-0.1, -0.05) is 18.2 Å². The van der Waals surface area contributed by atoms with E-state index in [0.717, 1.165) is 11.3 Å². The maximum Gasteiger partial charge on any atom is 0.313 e. The van der Waals surface area contributed by atoms with Gasteiger partial charge in [-0.2, -0.15) is 0 Å². The molecule has 1 aromatic heterocycles. The average molecular weight is 360 g/mol. The normalized spacial score (nSPS) is 15.6. The third-order valence-corrected chi connectivity index (χ3v) is 4.57. The Morgan fingerprint density at radius 3 is 2.88 bits per heavy atom. The third kappa shape index (κ3) is 3.97. The van der Waals surface area contributed by atoms with Gasteiger partial charge in [0.15, 0.2) is 6.61 Å². The predicted octanol–water partition coefficient (Wildman–Crippen LogP) is 1.58. The molecular weight excluding hydrogens is 344 g/mol. The molecule has 2 aromatic rings. The van der Waals surface area contributed by atoms with Crippen molar-refractivity contribution in [3.05, 3.63) is 46.8 Å². The standard InChI is InChI=1S/C17H16N2O5S/c18-15(21)12-5-6-25-16(12)19-14(20)9-24-17(22)11-7-10-3-1-2-4-13(10)23-8-11/h1-6,11H,7-9H2,(H2,18,21)(H,19,20)/t11-/m1/s1. The number of hydrogen-bond donors (Lipinski definition) is 2. The lowest BCUT2D eigenvalue weighted by molar-refractivity contribution is -0.152. The van der Waals surface area contributed by atoms with Crippen molar-refractivity contribution in [3.63, 3.8) is 0 Å². The Bertz CT molecular complexity index is 817. The van der Waals surface area contributed by atoms with Crippen molar-refractivity contribution in [2.75, 3.05) is 18.5 Å². The van der Waals surface area contributed by atoms with E-state index in [1.807, 2.05) is 24.3 Å². The molecule has 1 atom stereocenters. The molecule has 1 aliphatic heterocycles. The second-order valence-corrected chi connectivity index (χ2v) is 6.42. The summed E-state index contributed by atoms with van der Waals surface area (Å²) in [6.45, 7) is -0.221. The molecule has 2 amide bonds. The number of nitrogens with one attached hydrogen (secondary N) is 1. The Kier molecular flexibility index (Phi) is 4.99. The number of carbonyl (C=O) groups excluding carboxylic acids is 3. The van der Waals surface area contributed by atoms with E-state index in [1.54, 1.807) is 5.38 Å². The van der Waals surface area contributed by atoms with E-state index in [9.17, 15) is 14.4 Å². The van der Waals surface area contributed by atoms with E-state index in [4.69, 9.17) is 15.2 Å². The van der Waals surface area contributed by atoms with Crippen LogP contribution in [0.25, 0.3) is 0 Å². The molecular formula is C17H16N2O5S. The summed E-state index contributed by atoms with van der Waals surface area (Å²) in [4.78, 5) is 35.3. The third-order valence-electron chi connectivity index (χ3n) is 3.74. The summed E-state index contributed by atoms with van der Waals surface area (Å²) in [6.07, 6.45) is 0.507. The van der Waals surface area contributed by atoms with Gasteiger partial charge < -0.3 is 20.5 Å². The molecule has 0 radical (unpaired) electrons. The lowest BCUT2D eigenvalue weighted by atomic mass is 9.97. The Hall–Kier alpha value is -2.87. The van der Waals surface area contributed by atoms with Crippen LogP contribution in [0.4, 0.5) is 5.00 Å². The number of hydrogen-bond acceptors (Lipinski definition) is 6. The largest absolute Gasteiger partial charge is 0.492 e. The average Bonchev–Trinajstić information content (AvgIpc) is 3.07. The van der Waals surface area contributed by atoms with Crippen LogP contribution < -0.4 is 15.8 Å². The lowest BCUT2D eigenvalue weighted by Gasteiger charge is -2.23. The number of nitrogens with two attached hydrogens (primary N) is 1. The van der Waals surface area contributed by atoms with Gasteiger partial charge >= 0.3 is 5.97 Å². The molecule has 7 nitrogen and oxygen atoms in total. The number of fused-ring (bicyclic) bond motifs is 1. The van der Waals surface area contributed by atoms with Gasteiger partial charge in [0.1, 0.15) is 17.4 Å². The molecule has 8 heteroatoms. The first kappa shape index (κ1) is 17.0. The molecule has 3 N–H and O–H groups in total. The van der Waals surface area contributed by atoms with Crippen molar-refractivity contribution >= 4 is 34.1 Å². The number of esters is 1. The highest BCUT2D eigenvalue weighted by molar-refractivity contribution is 7.14. The summed E-state index contributed by atoms with van der Waals surface area (Å²) >= 11 is 1.17. The number of anilines is 1. The number of primary amides is 1. The van der Waals surface area contributed by atoms with Crippen LogP contribution in [0.5, 0.6) is 5.75 Å². The maximum absolute atomic E-state index is 12.1. The lowest BCUT2D eigenvalue weighted by Crippen LogP contribution is -2.32. The minimum absolute atomic E-state index is 0.216. The molecule has 0 fully saturated rings. The number of carbonyl (C=O) groups is 3. The van der Waals surface area contributed by atoms with Gasteiger partial charge in [0.05, 0.1) is 11.5 Å². The van der Waals surface area contributed by atoms with Crippen LogP contribution in [0.2, 0.25) is 0 Å². The molecule has 25 heavy (non-hydrogen) atoms. The second-order valence-electron chi connectivity index (χ2n) is 5.50. The van der Waals surface area contributed by atoms with Gasteiger partial charge in [-0.05, 0) is 29.5 Å². The van der Waals surface area contributed by atoms with E-state index in [-0.39, 0.29) is 12.2 Å². The van der Waals surface area contributed by atoms with E-state index in [1.165, 1.54) is 17.4 Å². The summed E-state index contributed by atoms with van der Waals surface area (Å²) < 4.78 is 10.6. The minimum Gasteiger partial charge on any atom is -0.492 e. The Morgan fingerprint density at radius 2 is 2.08 bits per heavy atom. The molecule has 0 bridgehead atoms. The van der Waals surface area contributed by atoms with Gasteiger partial charge in [-0.15, -0.1) is 11.3 Å². The number of ether oxygens (including phenoxy) is 2. The molecule has 0 aliphatic carbocycles. The van der Waals surface area contributed by atoms with Gasteiger partial charge in [-0.25, -0.2) is 0 Å².